The maximum absolute atomic E-state index is 14.4. The van der Waals surface area contributed by atoms with Crippen molar-refractivity contribution in [2.24, 2.45) is 5.92 Å². The number of benzene rings is 1. The van der Waals surface area contributed by atoms with Gasteiger partial charge in [-0.05, 0) is 43.4 Å². The molecule has 20 heavy (non-hydrogen) atoms. The Kier molecular flexibility index (Phi) is 5.03. The second kappa shape index (κ2) is 6.57. The van der Waals surface area contributed by atoms with Crippen molar-refractivity contribution < 1.29 is 4.39 Å². The van der Waals surface area contributed by atoms with Gasteiger partial charge in [0, 0.05) is 25.2 Å². The van der Waals surface area contributed by atoms with Gasteiger partial charge in [0.05, 0.1) is 5.69 Å². The van der Waals surface area contributed by atoms with E-state index < -0.39 is 0 Å². The first-order valence-electron chi connectivity index (χ1n) is 7.75. The molecule has 2 unspecified atom stereocenters. The number of halogens is 1. The minimum absolute atomic E-state index is 0.0889. The first-order chi connectivity index (χ1) is 9.47. The molecule has 1 aromatic carbocycles. The average Bonchev–Trinajstić information content (AvgIpc) is 2.39. The maximum Gasteiger partial charge on any atom is 0.146 e. The topological polar surface area (TPSA) is 15.3 Å². The molecule has 112 valence electrons. The number of rotatable bonds is 4. The van der Waals surface area contributed by atoms with Crippen molar-refractivity contribution in [3.8, 4) is 0 Å². The summed E-state index contributed by atoms with van der Waals surface area (Å²) in [5.74, 6) is 0.557. The molecule has 1 fully saturated rings. The average molecular weight is 278 g/mol. The molecule has 0 saturated carbocycles. The van der Waals surface area contributed by atoms with Crippen LogP contribution in [0.4, 0.5) is 10.1 Å². The minimum Gasteiger partial charge on any atom is -0.366 e. The fourth-order valence-corrected chi connectivity index (χ4v) is 2.84. The summed E-state index contributed by atoms with van der Waals surface area (Å²) in [6, 6.07) is 6.51. The van der Waals surface area contributed by atoms with Crippen molar-refractivity contribution in [1.29, 1.82) is 0 Å². The third-order valence-corrected chi connectivity index (χ3v) is 4.15. The maximum atomic E-state index is 14.4. The summed E-state index contributed by atoms with van der Waals surface area (Å²) in [5.41, 5.74) is 1.77. The molecule has 0 spiro atoms. The molecular weight excluding hydrogens is 251 g/mol. The van der Waals surface area contributed by atoms with E-state index in [9.17, 15) is 4.39 Å². The quantitative estimate of drug-likeness (QED) is 0.897. The smallest absolute Gasteiger partial charge is 0.146 e. The Hall–Kier alpha value is -1.09. The molecule has 0 radical (unpaired) electrons. The summed E-state index contributed by atoms with van der Waals surface area (Å²) >= 11 is 0. The van der Waals surface area contributed by atoms with E-state index in [-0.39, 0.29) is 5.82 Å². The van der Waals surface area contributed by atoms with Crippen LogP contribution in [0.5, 0.6) is 0 Å². The molecular formula is C17H27FN2. The Morgan fingerprint density at radius 3 is 2.70 bits per heavy atom. The van der Waals surface area contributed by atoms with Crippen LogP contribution in [0.2, 0.25) is 0 Å². The van der Waals surface area contributed by atoms with Gasteiger partial charge in [0.1, 0.15) is 5.82 Å². The highest BCUT2D eigenvalue weighted by molar-refractivity contribution is 5.50. The van der Waals surface area contributed by atoms with Crippen molar-refractivity contribution >= 4 is 5.69 Å². The molecule has 2 nitrogen and oxygen atoms in total. The highest BCUT2D eigenvalue weighted by atomic mass is 19.1. The lowest BCUT2D eigenvalue weighted by Crippen LogP contribution is -2.41. The second-order valence-corrected chi connectivity index (χ2v) is 6.51. The SMILES string of the molecule is CC1CCC(C)N(c2ccc(CNC(C)C)cc2F)C1. The van der Waals surface area contributed by atoms with E-state index in [0.29, 0.717) is 18.0 Å². The molecule has 2 atom stereocenters. The number of nitrogens with one attached hydrogen (secondary N) is 1. The first-order valence-corrected chi connectivity index (χ1v) is 7.75. The Morgan fingerprint density at radius 2 is 2.05 bits per heavy atom. The third-order valence-electron chi connectivity index (χ3n) is 4.15. The molecule has 1 aliphatic rings. The zero-order valence-electron chi connectivity index (χ0n) is 13.1. The van der Waals surface area contributed by atoms with Crippen molar-refractivity contribution in [2.45, 2.75) is 59.2 Å². The van der Waals surface area contributed by atoms with Gasteiger partial charge in [-0.1, -0.05) is 26.8 Å². The van der Waals surface area contributed by atoms with E-state index >= 15 is 0 Å². The number of hydrogen-bond acceptors (Lipinski definition) is 2. The van der Waals surface area contributed by atoms with Crippen molar-refractivity contribution in [3.63, 3.8) is 0 Å². The zero-order valence-corrected chi connectivity index (χ0v) is 13.1. The molecule has 0 amide bonds. The summed E-state index contributed by atoms with van der Waals surface area (Å²) in [7, 11) is 0. The van der Waals surface area contributed by atoms with Gasteiger partial charge in [-0.3, -0.25) is 0 Å². The van der Waals surface area contributed by atoms with E-state index in [2.05, 4.69) is 37.9 Å². The lowest BCUT2D eigenvalue weighted by atomic mass is 9.94. The van der Waals surface area contributed by atoms with Crippen LogP contribution in [-0.2, 0) is 6.54 Å². The van der Waals surface area contributed by atoms with Crippen LogP contribution in [0.3, 0.4) is 0 Å². The van der Waals surface area contributed by atoms with Crippen molar-refractivity contribution in [3.05, 3.63) is 29.6 Å². The number of anilines is 1. The summed E-state index contributed by atoms with van der Waals surface area (Å²) in [4.78, 5) is 2.23. The monoisotopic (exact) mass is 278 g/mol. The standard InChI is InChI=1S/C17H27FN2/c1-12(2)19-10-15-7-8-17(16(18)9-15)20-11-13(3)5-6-14(20)4/h7-9,12-14,19H,5-6,10-11H2,1-4H3. The predicted octanol–water partition coefficient (Wildman–Crippen LogP) is 3.95. The van der Waals surface area contributed by atoms with E-state index in [1.54, 1.807) is 6.07 Å². The summed E-state index contributed by atoms with van der Waals surface area (Å²) in [6.07, 6.45) is 2.40. The molecule has 1 saturated heterocycles. The van der Waals surface area contributed by atoms with Gasteiger partial charge in [0.15, 0.2) is 0 Å². The number of nitrogens with zero attached hydrogens (tertiary/aromatic N) is 1. The van der Waals surface area contributed by atoms with Gasteiger partial charge in [-0.2, -0.15) is 0 Å². The number of piperidine rings is 1. The molecule has 1 aromatic rings. The van der Waals surface area contributed by atoms with E-state index in [4.69, 9.17) is 0 Å². The molecule has 3 heteroatoms. The Labute approximate surface area is 122 Å². The van der Waals surface area contributed by atoms with Crippen molar-refractivity contribution in [2.75, 3.05) is 11.4 Å². The Balaban J connectivity index is 2.12. The molecule has 0 aliphatic carbocycles. The fourth-order valence-electron chi connectivity index (χ4n) is 2.84. The Morgan fingerprint density at radius 1 is 1.30 bits per heavy atom. The zero-order chi connectivity index (χ0) is 14.7. The normalized spacial score (nSPS) is 23.4. The van der Waals surface area contributed by atoms with Gasteiger partial charge in [-0.25, -0.2) is 4.39 Å². The first kappa shape index (κ1) is 15.3. The van der Waals surface area contributed by atoms with E-state index in [1.165, 1.54) is 6.42 Å². The lowest BCUT2D eigenvalue weighted by molar-refractivity contribution is 0.386. The van der Waals surface area contributed by atoms with Crippen LogP contribution >= 0.6 is 0 Å². The predicted molar refractivity (Wildman–Crippen MR) is 83.6 cm³/mol. The molecule has 0 aromatic heterocycles. The highest BCUT2D eigenvalue weighted by Crippen LogP contribution is 2.29. The van der Waals surface area contributed by atoms with E-state index in [1.807, 2.05) is 12.1 Å². The summed E-state index contributed by atoms with van der Waals surface area (Å²) in [6.45, 7) is 10.3. The lowest BCUT2D eigenvalue weighted by Gasteiger charge is -2.38. The molecule has 1 heterocycles. The fraction of sp³-hybridized carbons (Fsp3) is 0.647. The van der Waals surface area contributed by atoms with Crippen LogP contribution in [0, 0.1) is 11.7 Å². The van der Waals surface area contributed by atoms with Crippen LogP contribution in [0.25, 0.3) is 0 Å². The van der Waals surface area contributed by atoms with E-state index in [0.717, 1.165) is 30.8 Å². The van der Waals surface area contributed by atoms with Crippen molar-refractivity contribution in [1.82, 2.24) is 5.32 Å². The highest BCUT2D eigenvalue weighted by Gasteiger charge is 2.24. The minimum atomic E-state index is -0.0889. The van der Waals surface area contributed by atoms with Crippen LogP contribution < -0.4 is 10.2 Å². The molecule has 0 bridgehead atoms. The summed E-state index contributed by atoms with van der Waals surface area (Å²) in [5, 5.41) is 3.32. The van der Waals surface area contributed by atoms with Gasteiger partial charge in [-0.15, -0.1) is 0 Å². The van der Waals surface area contributed by atoms with Gasteiger partial charge in [0.25, 0.3) is 0 Å². The van der Waals surface area contributed by atoms with Crippen LogP contribution in [0.15, 0.2) is 18.2 Å². The van der Waals surface area contributed by atoms with Crippen LogP contribution in [-0.4, -0.2) is 18.6 Å². The second-order valence-electron chi connectivity index (χ2n) is 6.51. The van der Waals surface area contributed by atoms with Crippen LogP contribution in [0.1, 0.15) is 46.1 Å². The largest absolute Gasteiger partial charge is 0.366 e. The molecule has 2 rings (SSSR count). The number of hydrogen-bond donors (Lipinski definition) is 1. The van der Waals surface area contributed by atoms with Gasteiger partial charge in [0.2, 0.25) is 0 Å². The van der Waals surface area contributed by atoms with Gasteiger partial charge < -0.3 is 10.2 Å². The Bertz CT molecular complexity index is 445. The third kappa shape index (κ3) is 3.72. The summed E-state index contributed by atoms with van der Waals surface area (Å²) < 4.78 is 14.4. The molecule has 1 N–H and O–H groups in total. The van der Waals surface area contributed by atoms with Gasteiger partial charge >= 0.3 is 0 Å². The molecule has 1 aliphatic heterocycles.